The molecule has 0 atom stereocenters. The molecular formula is C25H17ClF3N2O4-. The molecule has 0 aliphatic rings. The Balaban J connectivity index is 1.98. The van der Waals surface area contributed by atoms with Crippen molar-refractivity contribution >= 4 is 40.5 Å². The van der Waals surface area contributed by atoms with E-state index in [0.717, 1.165) is 36.6 Å². The molecule has 0 N–H and O–H groups in total. The van der Waals surface area contributed by atoms with E-state index in [1.54, 1.807) is 25.1 Å². The highest BCUT2D eigenvalue weighted by molar-refractivity contribution is 6.30. The molecule has 0 radical (unpaired) electrons. The summed E-state index contributed by atoms with van der Waals surface area (Å²) in [6.45, 7) is 3.92. The number of hydrogen-bond donors (Lipinski definition) is 0. The van der Waals surface area contributed by atoms with Gasteiger partial charge in [-0.2, -0.15) is 0 Å². The van der Waals surface area contributed by atoms with Crippen LogP contribution < -0.4 is 5.11 Å². The lowest BCUT2D eigenvalue weighted by atomic mass is 9.98. The van der Waals surface area contributed by atoms with E-state index >= 15 is 4.39 Å². The van der Waals surface area contributed by atoms with Gasteiger partial charge in [0.15, 0.2) is 11.4 Å². The molecule has 0 spiro atoms. The summed E-state index contributed by atoms with van der Waals surface area (Å²) in [5, 5.41) is 14.8. The summed E-state index contributed by atoms with van der Waals surface area (Å²) in [5.41, 5.74) is -2.48. The fourth-order valence-electron chi connectivity index (χ4n) is 3.93. The van der Waals surface area contributed by atoms with Gasteiger partial charge in [-0.1, -0.05) is 35.0 Å². The standard InChI is InChI=1S/C25H18ClF3N2O4/c1-12-11-31(17-6-4-5-13(19(12)17)7-8-18(32)33)24(34)21-22(30-35-23(21)25(2,3)29)20-15(27)9-14(26)10-16(20)28/h4-11H,1-3H3,(H,32,33)/p-1/b8-7+. The smallest absolute Gasteiger partial charge is 0.268 e. The third kappa shape index (κ3) is 4.35. The molecular weight excluding hydrogens is 485 g/mol. The van der Waals surface area contributed by atoms with Gasteiger partial charge in [-0.15, -0.1) is 0 Å². The summed E-state index contributed by atoms with van der Waals surface area (Å²) < 4.78 is 50.8. The van der Waals surface area contributed by atoms with Gasteiger partial charge in [0.2, 0.25) is 0 Å². The van der Waals surface area contributed by atoms with Gasteiger partial charge < -0.3 is 14.4 Å². The summed E-state index contributed by atoms with van der Waals surface area (Å²) in [5.74, 6) is -4.98. The first kappa shape index (κ1) is 24.3. The van der Waals surface area contributed by atoms with Crippen molar-refractivity contribution in [2.75, 3.05) is 0 Å². The number of carboxylic acids is 1. The summed E-state index contributed by atoms with van der Waals surface area (Å²) >= 11 is 5.71. The molecule has 0 unspecified atom stereocenters. The minimum absolute atomic E-state index is 0.213. The highest BCUT2D eigenvalue weighted by Gasteiger charge is 2.37. The Bertz CT molecular complexity index is 1510. The van der Waals surface area contributed by atoms with Crippen molar-refractivity contribution in [3.05, 3.63) is 81.7 Å². The number of carbonyl (C=O) groups excluding carboxylic acids is 2. The quantitative estimate of drug-likeness (QED) is 0.351. The van der Waals surface area contributed by atoms with Crippen LogP contribution >= 0.6 is 11.6 Å². The third-order valence-electron chi connectivity index (χ3n) is 5.36. The van der Waals surface area contributed by atoms with Gasteiger partial charge in [0.25, 0.3) is 5.91 Å². The number of aromatic nitrogens is 2. The highest BCUT2D eigenvalue weighted by atomic mass is 35.5. The Morgan fingerprint density at radius 3 is 2.46 bits per heavy atom. The number of carbonyl (C=O) groups is 2. The van der Waals surface area contributed by atoms with Gasteiger partial charge in [0, 0.05) is 16.6 Å². The number of alkyl halides is 1. The molecule has 2 aromatic carbocycles. The van der Waals surface area contributed by atoms with Crippen LogP contribution in [0.4, 0.5) is 13.2 Å². The molecule has 4 aromatic rings. The van der Waals surface area contributed by atoms with E-state index in [4.69, 9.17) is 16.1 Å². The summed E-state index contributed by atoms with van der Waals surface area (Å²) in [4.78, 5) is 24.6. The molecule has 35 heavy (non-hydrogen) atoms. The topological polar surface area (TPSA) is 88.2 Å². The molecule has 0 aliphatic heterocycles. The van der Waals surface area contributed by atoms with Crippen molar-refractivity contribution in [2.24, 2.45) is 0 Å². The average molecular weight is 502 g/mol. The van der Waals surface area contributed by atoms with E-state index < -0.39 is 51.8 Å². The van der Waals surface area contributed by atoms with E-state index in [0.29, 0.717) is 22.0 Å². The molecule has 0 amide bonds. The van der Waals surface area contributed by atoms with E-state index in [1.807, 2.05) is 0 Å². The molecule has 0 saturated carbocycles. The van der Waals surface area contributed by atoms with Crippen LogP contribution in [0.1, 0.15) is 41.1 Å². The van der Waals surface area contributed by atoms with Crippen LogP contribution in [0.15, 0.2) is 47.1 Å². The zero-order valence-corrected chi connectivity index (χ0v) is 19.4. The molecule has 0 saturated heterocycles. The van der Waals surface area contributed by atoms with Crippen LogP contribution in [-0.4, -0.2) is 21.6 Å². The number of halogens is 4. The Kier molecular flexibility index (Phi) is 6.06. The van der Waals surface area contributed by atoms with Crippen LogP contribution in [0.25, 0.3) is 28.2 Å². The Hall–Kier alpha value is -3.85. The van der Waals surface area contributed by atoms with Gasteiger partial charge in [-0.3, -0.25) is 9.36 Å². The SMILES string of the molecule is Cc1cn(C(=O)c2c(-c3c(F)cc(Cl)cc3F)noc2C(C)(C)F)c2cccc(/C=C/C(=O)[O-])c12. The number of rotatable bonds is 5. The predicted octanol–water partition coefficient (Wildman–Crippen LogP) is 5.19. The van der Waals surface area contributed by atoms with Crippen LogP contribution in [-0.2, 0) is 10.5 Å². The van der Waals surface area contributed by atoms with E-state index in [2.05, 4.69) is 5.16 Å². The van der Waals surface area contributed by atoms with Crippen molar-refractivity contribution in [2.45, 2.75) is 26.4 Å². The second-order valence-corrected chi connectivity index (χ2v) is 8.77. The zero-order valence-electron chi connectivity index (χ0n) is 18.7. The molecule has 180 valence electrons. The van der Waals surface area contributed by atoms with Gasteiger partial charge >= 0.3 is 0 Å². The predicted molar refractivity (Wildman–Crippen MR) is 121 cm³/mol. The van der Waals surface area contributed by atoms with Gasteiger partial charge in [0.1, 0.15) is 22.9 Å². The van der Waals surface area contributed by atoms with Crippen LogP contribution in [0.3, 0.4) is 0 Å². The molecule has 4 rings (SSSR count). The van der Waals surface area contributed by atoms with Crippen molar-refractivity contribution in [3.63, 3.8) is 0 Å². The van der Waals surface area contributed by atoms with Crippen molar-refractivity contribution < 1.29 is 32.4 Å². The molecule has 2 heterocycles. The Morgan fingerprint density at radius 2 is 1.86 bits per heavy atom. The average Bonchev–Trinajstić information content (AvgIpc) is 3.33. The lowest BCUT2D eigenvalue weighted by molar-refractivity contribution is -0.297. The summed E-state index contributed by atoms with van der Waals surface area (Å²) in [6, 6.07) is 6.51. The minimum Gasteiger partial charge on any atom is -0.545 e. The molecule has 6 nitrogen and oxygen atoms in total. The van der Waals surface area contributed by atoms with Crippen LogP contribution in [0.2, 0.25) is 5.02 Å². The summed E-state index contributed by atoms with van der Waals surface area (Å²) in [7, 11) is 0. The van der Waals surface area contributed by atoms with Gasteiger partial charge in [-0.05, 0) is 56.2 Å². The second-order valence-electron chi connectivity index (χ2n) is 8.33. The highest BCUT2D eigenvalue weighted by Crippen LogP contribution is 2.38. The molecule has 0 fully saturated rings. The fourth-order valence-corrected chi connectivity index (χ4v) is 4.13. The van der Waals surface area contributed by atoms with E-state index in [1.165, 1.54) is 12.3 Å². The first-order chi connectivity index (χ1) is 16.4. The first-order valence-corrected chi connectivity index (χ1v) is 10.7. The zero-order chi connectivity index (χ0) is 25.7. The van der Waals surface area contributed by atoms with Gasteiger partial charge in [-0.25, -0.2) is 13.2 Å². The maximum absolute atomic E-state index is 15.0. The fraction of sp³-hybridized carbons (Fsp3) is 0.160. The number of nitrogens with zero attached hydrogens (tertiary/aromatic N) is 2. The van der Waals surface area contributed by atoms with Crippen molar-refractivity contribution in [3.8, 4) is 11.3 Å². The number of hydrogen-bond acceptors (Lipinski definition) is 5. The molecule has 2 aromatic heterocycles. The lowest BCUT2D eigenvalue weighted by Gasteiger charge is -2.13. The van der Waals surface area contributed by atoms with E-state index in [9.17, 15) is 23.5 Å². The van der Waals surface area contributed by atoms with Crippen LogP contribution in [0, 0.1) is 18.6 Å². The largest absolute Gasteiger partial charge is 0.545 e. The Morgan fingerprint density at radius 1 is 1.20 bits per heavy atom. The minimum atomic E-state index is -2.23. The number of fused-ring (bicyclic) bond motifs is 1. The van der Waals surface area contributed by atoms with Gasteiger partial charge in [0.05, 0.1) is 17.0 Å². The molecule has 0 bridgehead atoms. The molecule has 0 aliphatic carbocycles. The summed E-state index contributed by atoms with van der Waals surface area (Å²) in [6.07, 6.45) is 3.61. The second kappa shape index (κ2) is 8.74. The Labute approximate surface area is 202 Å². The lowest BCUT2D eigenvalue weighted by Crippen LogP contribution is -2.19. The monoisotopic (exact) mass is 501 g/mol. The maximum Gasteiger partial charge on any atom is 0.268 e. The normalized spacial score (nSPS) is 12.1. The third-order valence-corrected chi connectivity index (χ3v) is 5.58. The molecule has 10 heteroatoms. The number of aliphatic carboxylic acids is 1. The number of benzene rings is 2. The van der Waals surface area contributed by atoms with Crippen LogP contribution in [0.5, 0.6) is 0 Å². The van der Waals surface area contributed by atoms with E-state index in [-0.39, 0.29) is 5.02 Å². The number of carboxylic acid groups (broad SMARTS) is 1. The first-order valence-electron chi connectivity index (χ1n) is 10.3. The van der Waals surface area contributed by atoms with Crippen molar-refractivity contribution in [1.29, 1.82) is 0 Å². The maximum atomic E-state index is 15.0. The number of aryl methyl sites for hydroxylation is 1. The van der Waals surface area contributed by atoms with Crippen molar-refractivity contribution in [1.82, 2.24) is 9.72 Å².